The Kier molecular flexibility index (Phi) is 8.77. The topological polar surface area (TPSA) is 72.8 Å². The van der Waals surface area contributed by atoms with E-state index in [9.17, 15) is 4.39 Å². The molecule has 0 N–H and O–H groups in total. The van der Waals surface area contributed by atoms with Gasteiger partial charge in [-0.05, 0) is 53.6 Å². The largest absolute Gasteiger partial charge is 0.475 e. The Morgan fingerprint density at radius 2 is 1.72 bits per heavy atom. The summed E-state index contributed by atoms with van der Waals surface area (Å²) in [7, 11) is -2.83. The first-order valence-electron chi connectivity index (χ1n) is 17.8. The molecule has 50 heavy (non-hydrogen) atoms. The third-order valence-electron chi connectivity index (χ3n) is 11.2. The van der Waals surface area contributed by atoms with Gasteiger partial charge in [0.25, 0.3) is 8.32 Å². The fourth-order valence-electron chi connectivity index (χ4n) is 8.71. The lowest BCUT2D eigenvalue weighted by Gasteiger charge is -2.43. The molecule has 2 saturated heterocycles. The molecule has 0 spiro atoms. The van der Waals surface area contributed by atoms with Gasteiger partial charge in [-0.1, -0.05) is 93.0 Å². The van der Waals surface area contributed by atoms with Crippen LogP contribution in [0.15, 0.2) is 60.7 Å². The van der Waals surface area contributed by atoms with Gasteiger partial charge < -0.3 is 18.8 Å². The molecule has 0 amide bonds. The number of hydrogen-bond donors (Lipinski definition) is 0. The molecule has 8 nitrogen and oxygen atoms in total. The molecule has 4 aliphatic rings. The van der Waals surface area contributed by atoms with E-state index >= 15 is 4.39 Å². The molecule has 264 valence electrons. The molecular weight excluding hydrogens is 676 g/mol. The predicted octanol–water partition coefficient (Wildman–Crippen LogP) is 6.33. The van der Waals surface area contributed by atoms with Crippen molar-refractivity contribution < 1.29 is 22.7 Å². The molecule has 0 bridgehead atoms. The smallest absolute Gasteiger partial charge is 0.319 e. The average molecular weight is 720 g/mol. The Bertz CT molecular complexity index is 1830. The summed E-state index contributed by atoms with van der Waals surface area (Å²) in [5, 5.41) is 2.26. The molecule has 2 aromatic heterocycles. The Morgan fingerprint density at radius 1 is 1.02 bits per heavy atom. The van der Waals surface area contributed by atoms with Gasteiger partial charge in [0, 0.05) is 19.5 Å². The number of hydrogen-bond acceptors (Lipinski definition) is 8. The van der Waals surface area contributed by atoms with E-state index in [1.165, 1.54) is 10.4 Å². The van der Waals surface area contributed by atoms with Gasteiger partial charge >= 0.3 is 6.01 Å². The zero-order chi connectivity index (χ0) is 34.7. The van der Waals surface area contributed by atoms with Gasteiger partial charge in [-0.2, -0.15) is 15.0 Å². The molecular formula is C38H44ClF2N5O3Si. The molecule has 3 atom stereocenters. The molecule has 0 unspecified atom stereocenters. The zero-order valence-electron chi connectivity index (χ0n) is 28.9. The number of pyridine rings is 1. The van der Waals surface area contributed by atoms with Crippen molar-refractivity contribution in [1.82, 2.24) is 19.9 Å². The van der Waals surface area contributed by atoms with Crippen molar-refractivity contribution in [2.45, 2.75) is 75.7 Å². The van der Waals surface area contributed by atoms with Crippen LogP contribution in [0.3, 0.4) is 0 Å². The first-order chi connectivity index (χ1) is 24.1. The van der Waals surface area contributed by atoms with Crippen LogP contribution in [-0.2, 0) is 4.43 Å². The first kappa shape index (κ1) is 33.7. The fraction of sp³-hybridized carbons (Fsp3) is 0.500. The van der Waals surface area contributed by atoms with E-state index < -0.39 is 25.8 Å². The average Bonchev–Trinajstić information content (AvgIpc) is 3.82. The minimum Gasteiger partial charge on any atom is -0.475 e. The standard InChI is InChI=1S/C38H44ClF2N5O3Si/c1-37(2,3)50(27-11-6-4-7-12-27,28-13-8-5-9-14-28)49-20-19-46-29(25-15-16-25)23-47-35-30-32(31(41)33(39)43-35)42-36(44-34(30)46)48-24-38-17-10-18-45(38)22-26(40)21-38/h4-9,11-14,25-26,29H,10,15-24H2,1-3H3/t26-,29-,38+/m1/s1. The summed E-state index contributed by atoms with van der Waals surface area (Å²) in [6.45, 7) is 9.48. The van der Waals surface area contributed by atoms with Gasteiger partial charge in [-0.25, -0.2) is 8.78 Å². The van der Waals surface area contributed by atoms with Crippen LogP contribution in [0.5, 0.6) is 11.9 Å². The van der Waals surface area contributed by atoms with Crippen LogP contribution in [0.1, 0.15) is 52.9 Å². The Balaban J connectivity index is 1.18. The van der Waals surface area contributed by atoms with Crippen LogP contribution in [0, 0.1) is 11.7 Å². The Morgan fingerprint density at radius 3 is 2.38 bits per heavy atom. The molecule has 12 heteroatoms. The molecule has 2 aromatic carbocycles. The number of ether oxygens (including phenoxy) is 2. The van der Waals surface area contributed by atoms with E-state index in [1.807, 2.05) is 12.1 Å². The summed E-state index contributed by atoms with van der Waals surface area (Å²) in [6.07, 6.45) is 3.45. The molecule has 3 fully saturated rings. The van der Waals surface area contributed by atoms with Crippen LogP contribution in [0.2, 0.25) is 10.2 Å². The van der Waals surface area contributed by atoms with E-state index in [-0.39, 0.29) is 40.2 Å². The fourth-order valence-corrected chi connectivity index (χ4v) is 13.4. The maximum Gasteiger partial charge on any atom is 0.319 e. The molecule has 1 aliphatic carbocycles. The van der Waals surface area contributed by atoms with Crippen LogP contribution < -0.4 is 24.7 Å². The van der Waals surface area contributed by atoms with Crippen molar-refractivity contribution in [2.24, 2.45) is 5.92 Å². The minimum atomic E-state index is -2.83. The van der Waals surface area contributed by atoms with Crippen LogP contribution in [-0.4, -0.2) is 85.4 Å². The highest BCUT2D eigenvalue weighted by atomic mass is 35.5. The number of alkyl halides is 1. The second-order valence-electron chi connectivity index (χ2n) is 15.4. The zero-order valence-corrected chi connectivity index (χ0v) is 30.6. The van der Waals surface area contributed by atoms with Gasteiger partial charge in [0.05, 0.1) is 18.2 Å². The SMILES string of the molecule is CC(C)(C)[Si](OCCN1c2nc(OC[C@@]34CCCN3C[C@H](F)C4)nc3c(F)c(Cl)nc(c23)OC[C@@H]1C1CC1)(c1ccccc1)c1ccccc1. The lowest BCUT2D eigenvalue weighted by Crippen LogP contribution is -2.67. The number of benzene rings is 2. The van der Waals surface area contributed by atoms with Crippen LogP contribution in [0.25, 0.3) is 10.9 Å². The van der Waals surface area contributed by atoms with Crippen LogP contribution >= 0.6 is 11.6 Å². The number of anilines is 1. The van der Waals surface area contributed by atoms with E-state index in [0.717, 1.165) is 32.2 Å². The van der Waals surface area contributed by atoms with Crippen molar-refractivity contribution in [3.8, 4) is 11.9 Å². The highest BCUT2D eigenvalue weighted by molar-refractivity contribution is 6.99. The van der Waals surface area contributed by atoms with Crippen molar-refractivity contribution >= 4 is 47.0 Å². The summed E-state index contributed by atoms with van der Waals surface area (Å²) in [5.41, 5.74) is -0.404. The number of halogens is 3. The maximum absolute atomic E-state index is 15.9. The minimum absolute atomic E-state index is 0.00455. The molecule has 1 saturated carbocycles. The van der Waals surface area contributed by atoms with Gasteiger partial charge in [0.15, 0.2) is 11.0 Å². The summed E-state index contributed by atoms with van der Waals surface area (Å²) in [6, 6.07) is 21.1. The van der Waals surface area contributed by atoms with Gasteiger partial charge in [-0.15, -0.1) is 0 Å². The molecule has 0 radical (unpaired) electrons. The first-order valence-corrected chi connectivity index (χ1v) is 20.1. The van der Waals surface area contributed by atoms with Crippen LogP contribution in [0.4, 0.5) is 14.6 Å². The highest BCUT2D eigenvalue weighted by Crippen LogP contribution is 2.45. The van der Waals surface area contributed by atoms with Gasteiger partial charge in [0.2, 0.25) is 5.88 Å². The van der Waals surface area contributed by atoms with E-state index in [1.54, 1.807) is 0 Å². The summed E-state index contributed by atoms with van der Waals surface area (Å²) >= 11 is 6.32. The normalized spacial score (nSPS) is 23.9. The third-order valence-corrected chi connectivity index (χ3v) is 16.5. The third kappa shape index (κ3) is 5.83. The number of nitrogens with zero attached hydrogens (tertiary/aromatic N) is 5. The van der Waals surface area contributed by atoms with Crippen molar-refractivity contribution in [2.75, 3.05) is 44.4 Å². The van der Waals surface area contributed by atoms with E-state index in [4.69, 9.17) is 30.5 Å². The number of rotatable bonds is 10. The maximum atomic E-state index is 15.9. The quantitative estimate of drug-likeness (QED) is 0.139. The summed E-state index contributed by atoms with van der Waals surface area (Å²) < 4.78 is 50.4. The second kappa shape index (κ2) is 13.0. The van der Waals surface area contributed by atoms with Gasteiger partial charge in [-0.3, -0.25) is 4.90 Å². The van der Waals surface area contributed by atoms with Gasteiger partial charge in [0.1, 0.15) is 36.1 Å². The van der Waals surface area contributed by atoms with Crippen molar-refractivity contribution in [1.29, 1.82) is 0 Å². The van der Waals surface area contributed by atoms with E-state index in [0.29, 0.717) is 49.8 Å². The number of fused-ring (bicyclic) bond motifs is 1. The highest BCUT2D eigenvalue weighted by Gasteiger charge is 2.51. The van der Waals surface area contributed by atoms with Crippen molar-refractivity contribution in [3.63, 3.8) is 0 Å². The van der Waals surface area contributed by atoms with E-state index in [2.05, 4.69) is 89.1 Å². The Hall–Kier alpha value is -3.38. The lowest BCUT2D eigenvalue weighted by molar-refractivity contribution is 0.107. The summed E-state index contributed by atoms with van der Waals surface area (Å²) in [4.78, 5) is 18.2. The second-order valence-corrected chi connectivity index (χ2v) is 20.0. The molecule has 3 aliphatic heterocycles. The number of aromatic nitrogens is 3. The summed E-state index contributed by atoms with van der Waals surface area (Å²) in [5.74, 6) is 0.337. The Labute approximate surface area is 298 Å². The monoisotopic (exact) mass is 719 g/mol. The molecule has 4 aromatic rings. The predicted molar refractivity (Wildman–Crippen MR) is 194 cm³/mol. The van der Waals surface area contributed by atoms with Crippen molar-refractivity contribution in [3.05, 3.63) is 71.6 Å². The molecule has 8 rings (SSSR count). The molecule has 5 heterocycles. The lowest BCUT2D eigenvalue weighted by atomic mass is 9.95.